The fraction of sp³-hybridized carbons (Fsp3) is 0.857. The Balaban J connectivity index is 1.54. The molecule has 0 unspecified atom stereocenters. The zero-order valence-electron chi connectivity index (χ0n) is 11.1. The number of nitrogens with one attached hydrogen (secondary N) is 2. The topological polar surface area (TPSA) is 81.3 Å². The van der Waals surface area contributed by atoms with Gasteiger partial charge in [0.15, 0.2) is 0 Å². The lowest BCUT2D eigenvalue weighted by atomic mass is 9.53. The van der Waals surface area contributed by atoms with E-state index in [0.29, 0.717) is 0 Å². The number of carboxylic acids is 1. The number of carbonyl (C=O) groups excluding carboxylic acids is 2. The number of urea groups is 1. The largest absolute Gasteiger partial charge is 0.550 e. The lowest BCUT2D eigenvalue weighted by molar-refractivity contribution is -0.305. The van der Waals surface area contributed by atoms with Crippen molar-refractivity contribution in [2.45, 2.75) is 50.5 Å². The van der Waals surface area contributed by atoms with E-state index in [-0.39, 0.29) is 24.5 Å². The maximum atomic E-state index is 11.9. The molecule has 0 heterocycles. The minimum Gasteiger partial charge on any atom is -0.550 e. The van der Waals surface area contributed by atoms with Gasteiger partial charge in [0.05, 0.1) is 0 Å². The van der Waals surface area contributed by atoms with E-state index in [1.54, 1.807) is 0 Å². The summed E-state index contributed by atoms with van der Waals surface area (Å²) in [6.45, 7) is 0.139. The van der Waals surface area contributed by atoms with Crippen molar-refractivity contribution in [2.24, 2.45) is 17.8 Å². The predicted molar refractivity (Wildman–Crippen MR) is 67.1 cm³/mol. The van der Waals surface area contributed by atoms with Crippen molar-refractivity contribution in [3.63, 3.8) is 0 Å². The van der Waals surface area contributed by atoms with Gasteiger partial charge >= 0.3 is 6.03 Å². The number of hydrogen-bond acceptors (Lipinski definition) is 3. The second kappa shape index (κ2) is 4.69. The van der Waals surface area contributed by atoms with E-state index in [0.717, 1.165) is 37.0 Å². The summed E-state index contributed by atoms with van der Waals surface area (Å²) in [4.78, 5) is 22.2. The van der Waals surface area contributed by atoms with Gasteiger partial charge in [-0.2, -0.15) is 0 Å². The van der Waals surface area contributed by atoms with Gasteiger partial charge in [0.2, 0.25) is 0 Å². The molecule has 0 saturated heterocycles. The van der Waals surface area contributed by atoms with Crippen LogP contribution in [0.25, 0.3) is 0 Å². The first-order valence-corrected chi connectivity index (χ1v) is 7.30. The van der Waals surface area contributed by atoms with Crippen LogP contribution in [0.5, 0.6) is 0 Å². The number of carbonyl (C=O) groups is 2. The van der Waals surface area contributed by atoms with Gasteiger partial charge in [-0.25, -0.2) is 4.79 Å². The summed E-state index contributed by atoms with van der Waals surface area (Å²) in [5, 5.41) is 16.1. The smallest absolute Gasteiger partial charge is 0.315 e. The minimum absolute atomic E-state index is 0.0136. The Morgan fingerprint density at radius 1 is 1.05 bits per heavy atom. The quantitative estimate of drug-likeness (QED) is 0.771. The average molecular weight is 265 g/mol. The monoisotopic (exact) mass is 265 g/mol. The van der Waals surface area contributed by atoms with Gasteiger partial charge in [-0.15, -0.1) is 0 Å². The van der Waals surface area contributed by atoms with Gasteiger partial charge in [0.1, 0.15) is 0 Å². The molecule has 0 aromatic carbocycles. The van der Waals surface area contributed by atoms with E-state index in [9.17, 15) is 14.7 Å². The molecule has 4 rings (SSSR count). The predicted octanol–water partition coefficient (Wildman–Crippen LogP) is 0.394. The Labute approximate surface area is 113 Å². The van der Waals surface area contributed by atoms with E-state index in [1.807, 2.05) is 0 Å². The van der Waals surface area contributed by atoms with Crippen molar-refractivity contribution < 1.29 is 14.7 Å². The maximum absolute atomic E-state index is 11.9. The third-order valence-electron chi connectivity index (χ3n) is 5.03. The van der Waals surface area contributed by atoms with Gasteiger partial charge in [-0.3, -0.25) is 0 Å². The Morgan fingerprint density at radius 3 is 2.05 bits per heavy atom. The molecule has 5 heteroatoms. The van der Waals surface area contributed by atoms with E-state index in [4.69, 9.17) is 0 Å². The van der Waals surface area contributed by atoms with Gasteiger partial charge in [-0.1, -0.05) is 0 Å². The molecule has 4 aliphatic carbocycles. The Hall–Kier alpha value is -1.26. The summed E-state index contributed by atoms with van der Waals surface area (Å²) in [6, 6.07) is -0.219. The first-order valence-electron chi connectivity index (χ1n) is 7.30. The minimum atomic E-state index is -1.13. The number of amides is 2. The molecule has 5 nitrogen and oxygen atoms in total. The maximum Gasteiger partial charge on any atom is 0.315 e. The first-order chi connectivity index (χ1) is 9.05. The fourth-order valence-corrected chi connectivity index (χ4v) is 4.83. The number of hydrogen-bond donors (Lipinski definition) is 2. The van der Waals surface area contributed by atoms with Crippen LogP contribution in [0.3, 0.4) is 0 Å². The van der Waals surface area contributed by atoms with E-state index in [2.05, 4.69) is 10.6 Å². The molecule has 0 spiro atoms. The normalized spacial score (nSPS) is 39.1. The first kappa shape index (κ1) is 12.8. The number of rotatable bonds is 4. The lowest BCUT2D eigenvalue weighted by Crippen LogP contribution is -2.61. The zero-order chi connectivity index (χ0) is 13.5. The molecule has 19 heavy (non-hydrogen) atoms. The van der Waals surface area contributed by atoms with Crippen LogP contribution in [0.1, 0.15) is 44.9 Å². The van der Waals surface area contributed by atoms with Crippen molar-refractivity contribution in [1.82, 2.24) is 10.6 Å². The van der Waals surface area contributed by atoms with E-state index < -0.39 is 5.97 Å². The number of carboxylic acid groups (broad SMARTS) is 1. The van der Waals surface area contributed by atoms with Crippen molar-refractivity contribution in [3.05, 3.63) is 0 Å². The van der Waals surface area contributed by atoms with Crippen LogP contribution in [0.2, 0.25) is 0 Å². The van der Waals surface area contributed by atoms with Crippen LogP contribution in [0.4, 0.5) is 4.79 Å². The highest BCUT2D eigenvalue weighted by atomic mass is 16.4. The molecule has 0 aromatic rings. The van der Waals surface area contributed by atoms with Crippen molar-refractivity contribution in [1.29, 1.82) is 0 Å². The van der Waals surface area contributed by atoms with Crippen LogP contribution in [-0.4, -0.2) is 24.1 Å². The van der Waals surface area contributed by atoms with Crippen molar-refractivity contribution in [2.75, 3.05) is 6.54 Å². The molecule has 4 saturated carbocycles. The summed E-state index contributed by atoms with van der Waals surface area (Å²) in [5.41, 5.74) is -0.0136. The van der Waals surface area contributed by atoms with Crippen LogP contribution in [-0.2, 0) is 4.79 Å². The van der Waals surface area contributed by atoms with Crippen LogP contribution < -0.4 is 15.7 Å². The van der Waals surface area contributed by atoms with Crippen molar-refractivity contribution >= 4 is 12.0 Å². The lowest BCUT2D eigenvalue weighted by Gasteiger charge is -2.56. The highest BCUT2D eigenvalue weighted by Crippen LogP contribution is 2.55. The highest BCUT2D eigenvalue weighted by Gasteiger charge is 2.51. The molecule has 0 radical (unpaired) electrons. The molecule has 4 aliphatic rings. The molecule has 0 aromatic heterocycles. The van der Waals surface area contributed by atoms with Gasteiger partial charge in [0.25, 0.3) is 0 Å². The Morgan fingerprint density at radius 2 is 1.58 bits per heavy atom. The molecule has 4 bridgehead atoms. The molecule has 2 amide bonds. The molecule has 0 atom stereocenters. The molecule has 2 N–H and O–H groups in total. The summed E-state index contributed by atoms with van der Waals surface area (Å²) in [5.74, 6) is 1.23. The number of aliphatic carboxylic acids is 1. The zero-order valence-corrected chi connectivity index (χ0v) is 11.1. The van der Waals surface area contributed by atoms with Gasteiger partial charge in [0, 0.05) is 24.5 Å². The SMILES string of the molecule is O=C([O-])CCNC(=O)NC12CC3CC(CC(C3)C1)C2. The fourth-order valence-electron chi connectivity index (χ4n) is 4.83. The summed E-state index contributed by atoms with van der Waals surface area (Å²) >= 11 is 0. The molecule has 106 valence electrons. The average Bonchev–Trinajstić information content (AvgIpc) is 2.25. The van der Waals surface area contributed by atoms with Crippen LogP contribution >= 0.6 is 0 Å². The highest BCUT2D eigenvalue weighted by molar-refractivity contribution is 5.75. The summed E-state index contributed by atoms with van der Waals surface area (Å²) < 4.78 is 0. The van der Waals surface area contributed by atoms with Crippen molar-refractivity contribution in [3.8, 4) is 0 Å². The van der Waals surface area contributed by atoms with Gasteiger partial charge in [-0.05, 0) is 56.3 Å². The molecular formula is C14H21N2O3-. The third kappa shape index (κ3) is 2.69. The third-order valence-corrected chi connectivity index (χ3v) is 5.03. The van der Waals surface area contributed by atoms with E-state index in [1.165, 1.54) is 19.3 Å². The summed E-state index contributed by atoms with van der Waals surface area (Å²) in [6.07, 6.45) is 7.20. The van der Waals surface area contributed by atoms with Crippen LogP contribution in [0, 0.1) is 17.8 Å². The Bertz CT molecular complexity index is 359. The summed E-state index contributed by atoms with van der Waals surface area (Å²) in [7, 11) is 0. The molecule has 0 aliphatic heterocycles. The second-order valence-corrected chi connectivity index (χ2v) is 6.70. The van der Waals surface area contributed by atoms with E-state index >= 15 is 0 Å². The standard InChI is InChI=1S/C14H22N2O3/c17-12(18)1-2-15-13(19)16-14-6-9-3-10(7-14)5-11(4-9)8-14/h9-11H,1-8H2,(H,17,18)(H2,15,16,19)/p-1. The molecule has 4 fully saturated rings. The molecular weight excluding hydrogens is 244 g/mol. The van der Waals surface area contributed by atoms with Crippen LogP contribution in [0.15, 0.2) is 0 Å². The second-order valence-electron chi connectivity index (χ2n) is 6.70. The Kier molecular flexibility index (Phi) is 3.15. The van der Waals surface area contributed by atoms with Gasteiger partial charge < -0.3 is 20.5 Å².